The molecule has 0 unspecified atom stereocenters. The molecule has 7 aromatic rings. The number of fused-ring (bicyclic) bond motifs is 1. The molecule has 2 aliphatic heterocycles. The first-order valence-corrected chi connectivity index (χ1v) is 26.6. The van der Waals surface area contributed by atoms with Gasteiger partial charge in [0.1, 0.15) is 34.7 Å². The molecule has 2 atom stereocenters. The molecule has 3 amide bonds. The Morgan fingerprint density at radius 3 is 1.89 bits per heavy atom. The van der Waals surface area contributed by atoms with Gasteiger partial charge in [0.25, 0.3) is 11.8 Å². The second kappa shape index (κ2) is 22.1. The molecule has 9 rings (SSSR count). The minimum atomic E-state index is -1.39. The van der Waals surface area contributed by atoms with Crippen molar-refractivity contribution in [3.8, 4) is 0 Å². The van der Waals surface area contributed by atoms with Gasteiger partial charge in [0.15, 0.2) is 16.9 Å². The number of anilines is 1. The molecule has 1 fully saturated rings. The Kier molecular flexibility index (Phi) is 15.3. The Balaban J connectivity index is 1.05. The van der Waals surface area contributed by atoms with E-state index < -0.39 is 52.6 Å². The summed E-state index contributed by atoms with van der Waals surface area (Å²) in [6, 6.07) is 46.3. The molecule has 366 valence electrons. The zero-order chi connectivity index (χ0) is 50.2. The van der Waals surface area contributed by atoms with Gasteiger partial charge in [0.05, 0.1) is 5.08 Å². The van der Waals surface area contributed by atoms with Crippen molar-refractivity contribution in [1.82, 2.24) is 30.0 Å². The number of aryl methyl sites for hydroxylation is 1. The van der Waals surface area contributed by atoms with Crippen LogP contribution in [0.3, 0.4) is 0 Å². The number of nitrogens with zero attached hydrogens (tertiary/aromatic N) is 6. The van der Waals surface area contributed by atoms with E-state index in [2.05, 4.69) is 30.9 Å². The topological polar surface area (TPSA) is 179 Å². The number of esters is 1. The summed E-state index contributed by atoms with van der Waals surface area (Å²) in [7, 11) is 1.78. The summed E-state index contributed by atoms with van der Waals surface area (Å²) in [5.41, 5.74) is 1.37. The van der Waals surface area contributed by atoms with Crippen LogP contribution in [0.15, 0.2) is 184 Å². The molecule has 0 radical (unpaired) electrons. The zero-order valence-corrected chi connectivity index (χ0v) is 42.7. The first-order chi connectivity index (χ1) is 34.9. The van der Waals surface area contributed by atoms with Crippen LogP contribution in [0.4, 0.5) is 9.93 Å². The number of carbonyl (C=O) groups is 4. The third-order valence-corrected chi connectivity index (χ3v) is 15.5. The van der Waals surface area contributed by atoms with Crippen molar-refractivity contribution < 1.29 is 33.5 Å². The predicted octanol–water partition coefficient (Wildman–Crippen LogP) is 9.76. The minimum Gasteiger partial charge on any atom is -0.448 e. The Labute approximate surface area is 432 Å². The van der Waals surface area contributed by atoms with Gasteiger partial charge in [-0.1, -0.05) is 169 Å². The van der Waals surface area contributed by atoms with Crippen molar-refractivity contribution in [3.05, 3.63) is 207 Å². The number of thiazole rings is 1. The van der Waals surface area contributed by atoms with E-state index in [4.69, 9.17) is 14.3 Å². The fourth-order valence-electron chi connectivity index (χ4n) is 8.01. The summed E-state index contributed by atoms with van der Waals surface area (Å²) >= 11 is 5.25. The van der Waals surface area contributed by atoms with Crippen LogP contribution in [-0.2, 0) is 41.3 Å². The lowest BCUT2D eigenvalue weighted by Crippen LogP contribution is -2.71. The first kappa shape index (κ1) is 49.8. The third-order valence-electron chi connectivity index (χ3n) is 11.2. The van der Waals surface area contributed by atoms with Crippen LogP contribution in [-0.4, -0.2) is 82.1 Å². The Morgan fingerprint density at radius 2 is 1.36 bits per heavy atom. The molecule has 0 spiro atoms. The highest BCUT2D eigenvalue weighted by Crippen LogP contribution is 2.46. The molecule has 2 N–H and O–H groups in total. The molecule has 0 saturated carbocycles. The van der Waals surface area contributed by atoms with Crippen molar-refractivity contribution in [2.75, 3.05) is 16.2 Å². The van der Waals surface area contributed by atoms with E-state index in [-0.39, 0.29) is 22.2 Å². The number of hydrogen-bond donors (Lipinski definition) is 2. The highest BCUT2D eigenvalue weighted by molar-refractivity contribution is 8.18. The van der Waals surface area contributed by atoms with E-state index in [1.165, 1.54) is 40.2 Å². The number of amides is 3. The van der Waals surface area contributed by atoms with Crippen molar-refractivity contribution in [2.45, 2.75) is 54.6 Å². The summed E-state index contributed by atoms with van der Waals surface area (Å²) in [5.74, 6) is -1.68. The van der Waals surface area contributed by atoms with Gasteiger partial charge in [-0.3, -0.25) is 24.5 Å². The number of oxime groups is 1. The lowest BCUT2D eigenvalue weighted by atomic mass is 9.80. The molecule has 5 aromatic carbocycles. The Bertz CT molecular complexity index is 2960. The summed E-state index contributed by atoms with van der Waals surface area (Å²) in [6.45, 7) is 5.23. The van der Waals surface area contributed by atoms with E-state index in [0.717, 1.165) is 39.2 Å². The standard InChI is InChI=1S/C53H48N8O7S4/c1-52(2,3)67-51(65)57-50-55-39(30-70-50)41(59-68-53(36-24-14-7-15-25-36,37-26-16-8-17-27-37)38-28-18-9-19-29-38)45(62)56-42-46(63)61-43(40(31-69-47(42)61)71-33-72-49-54-32-60(4)58-49)48(64)66-44(34-20-10-5-11-21-34)35-22-12-6-13-23-35/h5-30,32,42,44,47H,31,33H2,1-4H3,(H,56,62)(H,55,57,65)/b59-41-/t42-,47-/m1/s1. The van der Waals surface area contributed by atoms with Crippen LogP contribution in [0.25, 0.3) is 0 Å². The maximum Gasteiger partial charge on any atom is 0.413 e. The molecule has 0 aliphatic carbocycles. The second-order valence-corrected chi connectivity index (χ2v) is 21.7. The van der Waals surface area contributed by atoms with Gasteiger partial charge in [-0.2, -0.15) is 0 Å². The predicted molar refractivity (Wildman–Crippen MR) is 281 cm³/mol. The number of rotatable bonds is 17. The zero-order valence-electron chi connectivity index (χ0n) is 39.4. The normalized spacial score (nSPS) is 15.9. The summed E-state index contributed by atoms with van der Waals surface area (Å²) in [6.07, 6.45) is 0.0884. The highest BCUT2D eigenvalue weighted by atomic mass is 32.2. The van der Waals surface area contributed by atoms with E-state index in [1.807, 2.05) is 152 Å². The number of aromatic nitrogens is 4. The van der Waals surface area contributed by atoms with Gasteiger partial charge in [-0.05, 0) is 31.9 Å². The molecule has 2 aromatic heterocycles. The third kappa shape index (κ3) is 11.1. The quantitative estimate of drug-likeness (QED) is 0.0168. The van der Waals surface area contributed by atoms with Crippen molar-refractivity contribution >= 4 is 81.3 Å². The van der Waals surface area contributed by atoms with Gasteiger partial charge < -0.3 is 19.6 Å². The van der Waals surface area contributed by atoms with Crippen LogP contribution >= 0.6 is 46.6 Å². The van der Waals surface area contributed by atoms with Gasteiger partial charge in [-0.25, -0.2) is 19.6 Å². The second-order valence-electron chi connectivity index (χ2n) is 17.3. The van der Waals surface area contributed by atoms with E-state index in [1.54, 1.807) is 44.2 Å². The molecule has 0 bridgehead atoms. The van der Waals surface area contributed by atoms with Crippen LogP contribution in [0.1, 0.15) is 60.4 Å². The largest absolute Gasteiger partial charge is 0.448 e. The number of thioether (sulfide) groups is 3. The van der Waals surface area contributed by atoms with Crippen LogP contribution in [0, 0.1) is 0 Å². The maximum atomic E-state index is 15.0. The number of hydrogen-bond acceptors (Lipinski definition) is 15. The van der Waals surface area contributed by atoms with E-state index in [9.17, 15) is 19.2 Å². The van der Waals surface area contributed by atoms with Gasteiger partial charge in [0.2, 0.25) is 10.8 Å². The van der Waals surface area contributed by atoms with Crippen LogP contribution in [0.5, 0.6) is 0 Å². The van der Waals surface area contributed by atoms with Gasteiger partial charge >= 0.3 is 12.1 Å². The van der Waals surface area contributed by atoms with Crippen molar-refractivity contribution in [2.24, 2.45) is 12.2 Å². The summed E-state index contributed by atoms with van der Waals surface area (Å²) < 4.78 is 13.5. The number of benzene rings is 5. The molecule has 2 aliphatic rings. The maximum absolute atomic E-state index is 15.0. The lowest BCUT2D eigenvalue weighted by molar-refractivity contribution is -0.154. The molecule has 72 heavy (non-hydrogen) atoms. The fourth-order valence-corrected chi connectivity index (χ4v) is 12.3. The average Bonchev–Trinajstić information content (AvgIpc) is 4.04. The summed E-state index contributed by atoms with van der Waals surface area (Å²) in [5, 5.41) is 16.6. The molecular formula is C53H48N8O7S4. The molecule has 1 saturated heterocycles. The Morgan fingerprint density at radius 1 is 0.806 bits per heavy atom. The van der Waals surface area contributed by atoms with Crippen molar-refractivity contribution in [3.63, 3.8) is 0 Å². The minimum absolute atomic E-state index is 0.0576. The SMILES string of the molecule is Cn1cnc(SCSC2=C(C(=O)OC(c3ccccc3)c3ccccc3)N3C(=O)[C@@H](NC(=O)/C(=N\OC(c4ccccc4)(c4ccccc4)c4ccccc4)c4csc(NC(=O)OC(C)(C)C)n4)[C@H]3SC2)n1. The monoisotopic (exact) mass is 1040 g/mol. The van der Waals surface area contributed by atoms with E-state index >= 15 is 0 Å². The first-order valence-electron chi connectivity index (χ1n) is 22.7. The Hall–Kier alpha value is -7.19. The number of β-lactam (4-membered cyclic amide) rings is 1. The number of ether oxygens (including phenoxy) is 2. The highest BCUT2D eigenvalue weighted by Gasteiger charge is 2.55. The fraction of sp³-hybridized carbons (Fsp3) is 0.208. The van der Waals surface area contributed by atoms with Crippen LogP contribution < -0.4 is 10.6 Å². The lowest BCUT2D eigenvalue weighted by Gasteiger charge is -2.49. The molecule has 15 nitrogen and oxygen atoms in total. The van der Waals surface area contributed by atoms with Gasteiger partial charge in [-0.15, -0.1) is 40.0 Å². The smallest absolute Gasteiger partial charge is 0.413 e. The molecular weight excluding hydrogens is 989 g/mol. The number of nitrogens with one attached hydrogen (secondary N) is 2. The van der Waals surface area contributed by atoms with Crippen LogP contribution in [0.2, 0.25) is 0 Å². The summed E-state index contributed by atoms with van der Waals surface area (Å²) in [4.78, 5) is 75.0. The molecule has 4 heterocycles. The average molecular weight is 1040 g/mol. The van der Waals surface area contributed by atoms with E-state index in [0.29, 0.717) is 20.9 Å². The molecule has 19 heteroatoms. The number of carbonyl (C=O) groups excluding carboxylic acids is 4. The van der Waals surface area contributed by atoms with Gasteiger partial charge in [0, 0.05) is 39.8 Å². The van der Waals surface area contributed by atoms with Crippen molar-refractivity contribution in [1.29, 1.82) is 0 Å².